The second-order valence-electron chi connectivity index (χ2n) is 4.64. The molecule has 2 heterocycles. The predicted octanol–water partition coefficient (Wildman–Crippen LogP) is 2.45. The molecule has 0 unspecified atom stereocenters. The van der Waals surface area contributed by atoms with Crippen molar-refractivity contribution in [3.8, 4) is 10.7 Å². The summed E-state index contributed by atoms with van der Waals surface area (Å²) in [6.07, 6.45) is -4.03. The van der Waals surface area contributed by atoms with E-state index in [-0.39, 0.29) is 30.5 Å². The van der Waals surface area contributed by atoms with Gasteiger partial charge in [-0.05, 0) is 18.6 Å². The number of carbonyl (C=O) groups is 2. The highest BCUT2D eigenvalue weighted by Crippen LogP contribution is 2.31. The lowest BCUT2D eigenvalue weighted by molar-refractivity contribution is -0.159. The summed E-state index contributed by atoms with van der Waals surface area (Å²) < 4.78 is 41.4. The van der Waals surface area contributed by atoms with Crippen LogP contribution in [0.3, 0.4) is 0 Å². The summed E-state index contributed by atoms with van der Waals surface area (Å²) >= 11 is 1.18. The van der Waals surface area contributed by atoms with Crippen molar-refractivity contribution in [2.75, 3.05) is 6.54 Å². The molecule has 0 aromatic carbocycles. The number of ketones is 1. The number of aromatic nitrogens is 2. The van der Waals surface area contributed by atoms with E-state index in [1.807, 2.05) is 0 Å². The fourth-order valence-corrected chi connectivity index (χ4v) is 2.58. The molecule has 23 heavy (non-hydrogen) atoms. The molecule has 0 atom stereocenters. The van der Waals surface area contributed by atoms with Crippen LogP contribution < -0.4 is 5.32 Å². The zero-order valence-corrected chi connectivity index (χ0v) is 12.8. The molecule has 0 aliphatic heterocycles. The number of carbonyl (C=O) groups excluding carboxylic acids is 2. The van der Waals surface area contributed by atoms with Gasteiger partial charge in [-0.2, -0.15) is 18.2 Å². The first-order valence-electron chi connectivity index (χ1n) is 6.52. The van der Waals surface area contributed by atoms with Gasteiger partial charge in [-0.3, -0.25) is 9.59 Å². The summed E-state index contributed by atoms with van der Waals surface area (Å²) in [6.45, 7) is 1.28. The van der Waals surface area contributed by atoms with Gasteiger partial charge in [-0.1, -0.05) is 5.16 Å². The number of hydrogen-bond donors (Lipinski definition) is 1. The smallest absolute Gasteiger partial charge is 0.349 e. The largest absolute Gasteiger partial charge is 0.471 e. The van der Waals surface area contributed by atoms with E-state index in [0.29, 0.717) is 11.3 Å². The van der Waals surface area contributed by atoms with Gasteiger partial charge >= 0.3 is 12.1 Å². The molecule has 0 aliphatic carbocycles. The zero-order chi connectivity index (χ0) is 17.0. The lowest BCUT2D eigenvalue weighted by Gasteiger charge is -2.00. The monoisotopic (exact) mass is 347 g/mol. The molecule has 124 valence electrons. The van der Waals surface area contributed by atoms with E-state index in [0.717, 1.165) is 4.88 Å². The van der Waals surface area contributed by atoms with E-state index in [4.69, 9.17) is 0 Å². The lowest BCUT2D eigenvalue weighted by Crippen LogP contribution is -2.27. The van der Waals surface area contributed by atoms with Crippen molar-refractivity contribution in [3.05, 3.63) is 22.9 Å². The Balaban J connectivity index is 1.94. The molecule has 0 radical (unpaired) electrons. The van der Waals surface area contributed by atoms with Crippen LogP contribution in [0.2, 0.25) is 0 Å². The highest BCUT2D eigenvalue weighted by Gasteiger charge is 2.38. The molecule has 6 nitrogen and oxygen atoms in total. The number of halogens is 3. The Kier molecular flexibility index (Phi) is 5.14. The van der Waals surface area contributed by atoms with Gasteiger partial charge in [-0.15, -0.1) is 11.3 Å². The first-order chi connectivity index (χ1) is 10.8. The predicted molar refractivity (Wildman–Crippen MR) is 74.6 cm³/mol. The van der Waals surface area contributed by atoms with Crippen molar-refractivity contribution in [2.45, 2.75) is 25.9 Å². The van der Waals surface area contributed by atoms with Crippen molar-refractivity contribution in [1.29, 1.82) is 0 Å². The van der Waals surface area contributed by atoms with Gasteiger partial charge in [0.1, 0.15) is 0 Å². The van der Waals surface area contributed by atoms with E-state index in [9.17, 15) is 22.8 Å². The third-order valence-electron chi connectivity index (χ3n) is 2.74. The average Bonchev–Trinajstić information content (AvgIpc) is 3.10. The number of hydrogen-bond acceptors (Lipinski definition) is 6. The van der Waals surface area contributed by atoms with Crippen molar-refractivity contribution >= 4 is 23.0 Å². The number of thiophene rings is 1. The minimum absolute atomic E-state index is 0.0344. The molecular formula is C13H12F3N3O3S. The van der Waals surface area contributed by atoms with Gasteiger partial charge in [-0.25, -0.2) is 0 Å². The average molecular weight is 347 g/mol. The summed E-state index contributed by atoms with van der Waals surface area (Å²) in [5.41, 5.74) is 0. The summed E-state index contributed by atoms with van der Waals surface area (Å²) in [5, 5.41) is 5.71. The number of alkyl halides is 3. The maximum Gasteiger partial charge on any atom is 0.471 e. The van der Waals surface area contributed by atoms with Crippen molar-refractivity contribution in [2.24, 2.45) is 0 Å². The van der Waals surface area contributed by atoms with E-state index in [2.05, 4.69) is 20.0 Å². The second-order valence-corrected chi connectivity index (χ2v) is 5.80. The van der Waals surface area contributed by atoms with E-state index < -0.39 is 12.1 Å². The maximum atomic E-state index is 12.4. The van der Waals surface area contributed by atoms with Crippen LogP contribution in [0.15, 0.2) is 16.7 Å². The Morgan fingerprint density at radius 3 is 2.70 bits per heavy atom. The van der Waals surface area contributed by atoms with E-state index in [1.54, 1.807) is 12.1 Å². The number of rotatable bonds is 6. The quantitative estimate of drug-likeness (QED) is 0.868. The van der Waals surface area contributed by atoms with Crippen LogP contribution in [0.1, 0.15) is 24.1 Å². The van der Waals surface area contributed by atoms with Crippen LogP contribution in [0.5, 0.6) is 0 Å². The fourth-order valence-electron chi connectivity index (χ4n) is 1.65. The molecule has 2 aromatic heterocycles. The van der Waals surface area contributed by atoms with Gasteiger partial charge in [0.2, 0.25) is 11.7 Å². The number of nitrogens with zero attached hydrogens (tertiary/aromatic N) is 2. The van der Waals surface area contributed by atoms with Crippen LogP contribution in [0.25, 0.3) is 10.7 Å². The number of Topliss-reactive ketones (excluding diaryl/α,β-unsaturated/α-hetero) is 1. The summed E-state index contributed by atoms with van der Waals surface area (Å²) in [7, 11) is 0. The number of amides is 1. The molecule has 2 aromatic rings. The Bertz CT molecular complexity index is 709. The van der Waals surface area contributed by atoms with Crippen LogP contribution in [0, 0.1) is 0 Å². The highest BCUT2D eigenvalue weighted by atomic mass is 32.1. The van der Waals surface area contributed by atoms with Gasteiger partial charge in [0.25, 0.3) is 0 Å². The van der Waals surface area contributed by atoms with Crippen molar-refractivity contribution in [1.82, 2.24) is 15.5 Å². The Labute approximate surface area is 132 Å². The van der Waals surface area contributed by atoms with Gasteiger partial charge in [0.15, 0.2) is 5.78 Å². The topological polar surface area (TPSA) is 85.1 Å². The molecular weight excluding hydrogens is 335 g/mol. The normalized spacial score (nSPS) is 11.5. The van der Waals surface area contributed by atoms with Crippen LogP contribution in [0.4, 0.5) is 13.2 Å². The molecule has 1 N–H and O–H groups in total. The van der Waals surface area contributed by atoms with Gasteiger partial charge in [0, 0.05) is 18.2 Å². The Hall–Kier alpha value is -2.23. The molecule has 2 rings (SSSR count). The molecule has 0 bridgehead atoms. The molecule has 10 heteroatoms. The Morgan fingerprint density at radius 2 is 2.09 bits per heavy atom. The van der Waals surface area contributed by atoms with Crippen LogP contribution in [-0.2, 0) is 22.2 Å². The van der Waals surface area contributed by atoms with Gasteiger partial charge in [0.05, 0.1) is 11.4 Å². The number of nitrogens with one attached hydrogen (secondary N) is 1. The van der Waals surface area contributed by atoms with Crippen molar-refractivity contribution in [3.63, 3.8) is 0 Å². The Morgan fingerprint density at radius 1 is 1.35 bits per heavy atom. The van der Waals surface area contributed by atoms with Crippen LogP contribution in [-0.4, -0.2) is 28.4 Å². The third kappa shape index (κ3) is 4.88. The summed E-state index contributed by atoms with van der Waals surface area (Å²) in [6, 6.07) is 3.26. The zero-order valence-electron chi connectivity index (χ0n) is 11.9. The molecule has 0 saturated heterocycles. The minimum Gasteiger partial charge on any atom is -0.349 e. The van der Waals surface area contributed by atoms with Crippen LogP contribution >= 0.6 is 11.3 Å². The molecule has 0 spiro atoms. The van der Waals surface area contributed by atoms with E-state index >= 15 is 0 Å². The maximum absolute atomic E-state index is 12.4. The van der Waals surface area contributed by atoms with E-state index in [1.165, 1.54) is 18.3 Å². The molecule has 1 amide bonds. The first-order valence-corrected chi connectivity index (χ1v) is 7.33. The summed E-state index contributed by atoms with van der Waals surface area (Å²) in [4.78, 5) is 26.8. The SMILES string of the molecule is CC(=O)NCC(=O)CCc1ccc(-c2noc(C(F)(F)F)n2)s1. The molecule has 0 aliphatic rings. The van der Waals surface area contributed by atoms with Gasteiger partial charge < -0.3 is 9.84 Å². The number of aryl methyl sites for hydroxylation is 1. The molecule has 0 fully saturated rings. The molecule has 0 saturated carbocycles. The first kappa shape index (κ1) is 17.1. The minimum atomic E-state index is -4.68. The summed E-state index contributed by atoms with van der Waals surface area (Å²) in [5.74, 6) is -1.95. The standard InChI is InChI=1S/C13H12F3N3O3S/c1-7(20)17-6-8(21)2-3-9-4-5-10(23-9)11-18-12(22-19-11)13(14,15)16/h4-5H,2-3,6H2,1H3,(H,17,20). The third-order valence-corrected chi connectivity index (χ3v) is 3.88. The lowest BCUT2D eigenvalue weighted by atomic mass is 10.2. The highest BCUT2D eigenvalue weighted by molar-refractivity contribution is 7.15. The second kappa shape index (κ2) is 6.90. The van der Waals surface area contributed by atoms with Crippen molar-refractivity contribution < 1.29 is 27.3 Å². The fraction of sp³-hybridized carbons (Fsp3) is 0.385.